The molecule has 2 N–H and O–H groups in total. The van der Waals surface area contributed by atoms with Gasteiger partial charge in [0.05, 0.1) is 12.3 Å². The van der Waals surface area contributed by atoms with Crippen LogP contribution in [0.4, 0.5) is 5.69 Å². The molecule has 0 bridgehead atoms. The van der Waals surface area contributed by atoms with Crippen molar-refractivity contribution < 1.29 is 14.0 Å². The summed E-state index contributed by atoms with van der Waals surface area (Å²) in [5, 5.41) is 6.43. The van der Waals surface area contributed by atoms with Gasteiger partial charge in [-0.15, -0.1) is 0 Å². The van der Waals surface area contributed by atoms with Gasteiger partial charge in [-0.1, -0.05) is 23.2 Å². The van der Waals surface area contributed by atoms with E-state index in [0.29, 0.717) is 33.4 Å². The van der Waals surface area contributed by atoms with Gasteiger partial charge in [-0.25, -0.2) is 0 Å². The van der Waals surface area contributed by atoms with Gasteiger partial charge in [0.2, 0.25) is 0 Å². The number of nitrogens with zero attached hydrogens (tertiary/aromatic N) is 1. The SMILES string of the molecule is CN(C)C(CNC(=O)c1ccc(NC(=O)c2cc(Cl)cc(Cl)c2)cc1)c1ccco1. The van der Waals surface area contributed by atoms with E-state index in [1.807, 2.05) is 31.1 Å². The van der Waals surface area contributed by atoms with Crippen molar-refractivity contribution in [3.63, 3.8) is 0 Å². The normalized spacial score (nSPS) is 11.9. The van der Waals surface area contributed by atoms with Crippen LogP contribution in [0.15, 0.2) is 65.3 Å². The van der Waals surface area contributed by atoms with E-state index >= 15 is 0 Å². The van der Waals surface area contributed by atoms with Crippen LogP contribution in [0.3, 0.4) is 0 Å². The van der Waals surface area contributed by atoms with Gasteiger partial charge >= 0.3 is 0 Å². The van der Waals surface area contributed by atoms with Crippen LogP contribution in [0.25, 0.3) is 0 Å². The van der Waals surface area contributed by atoms with Crippen molar-refractivity contribution >= 4 is 40.7 Å². The Bertz CT molecular complexity index is 998. The first kappa shape index (κ1) is 21.9. The van der Waals surface area contributed by atoms with Crippen molar-refractivity contribution in [1.29, 1.82) is 0 Å². The number of nitrogens with one attached hydrogen (secondary N) is 2. The molecular weight excluding hydrogens is 425 g/mol. The maximum Gasteiger partial charge on any atom is 0.255 e. The molecule has 0 radical (unpaired) electrons. The van der Waals surface area contributed by atoms with E-state index in [4.69, 9.17) is 27.6 Å². The lowest BCUT2D eigenvalue weighted by Gasteiger charge is -2.22. The van der Waals surface area contributed by atoms with Gasteiger partial charge in [-0.3, -0.25) is 14.5 Å². The van der Waals surface area contributed by atoms with Gasteiger partial charge < -0.3 is 15.1 Å². The molecule has 0 saturated heterocycles. The van der Waals surface area contributed by atoms with Crippen molar-refractivity contribution in [1.82, 2.24) is 10.2 Å². The second-order valence-corrected chi connectivity index (χ2v) is 7.77. The Morgan fingerprint density at radius 2 is 1.63 bits per heavy atom. The van der Waals surface area contributed by atoms with Crippen LogP contribution in [0, 0.1) is 0 Å². The number of halogens is 2. The minimum Gasteiger partial charge on any atom is -0.468 e. The highest BCUT2D eigenvalue weighted by molar-refractivity contribution is 6.35. The summed E-state index contributed by atoms with van der Waals surface area (Å²) in [6.45, 7) is 0.396. The highest BCUT2D eigenvalue weighted by Crippen LogP contribution is 2.21. The maximum atomic E-state index is 12.5. The molecule has 1 heterocycles. The van der Waals surface area contributed by atoms with Crippen molar-refractivity contribution in [2.45, 2.75) is 6.04 Å². The van der Waals surface area contributed by atoms with Crippen molar-refractivity contribution in [3.05, 3.63) is 87.8 Å². The number of anilines is 1. The average molecular weight is 446 g/mol. The lowest BCUT2D eigenvalue weighted by Crippen LogP contribution is -2.34. The molecule has 30 heavy (non-hydrogen) atoms. The van der Waals surface area contributed by atoms with Gasteiger partial charge in [-0.05, 0) is 68.7 Å². The first-order chi connectivity index (χ1) is 14.3. The Labute approximate surface area is 184 Å². The third kappa shape index (κ3) is 5.63. The number of furan rings is 1. The van der Waals surface area contributed by atoms with Crippen LogP contribution < -0.4 is 10.6 Å². The molecular formula is C22H21Cl2N3O3. The number of carbonyl (C=O) groups excluding carboxylic acids is 2. The zero-order valence-electron chi connectivity index (χ0n) is 16.5. The third-order valence-corrected chi connectivity index (χ3v) is 4.92. The van der Waals surface area contributed by atoms with Crippen molar-refractivity contribution in [3.8, 4) is 0 Å². The summed E-state index contributed by atoms with van der Waals surface area (Å²) in [5.74, 6) is 0.219. The maximum absolute atomic E-state index is 12.5. The van der Waals surface area contributed by atoms with E-state index in [1.54, 1.807) is 36.6 Å². The molecule has 6 nitrogen and oxygen atoms in total. The van der Waals surface area contributed by atoms with Crippen LogP contribution in [-0.4, -0.2) is 37.4 Å². The summed E-state index contributed by atoms with van der Waals surface area (Å²) in [6, 6.07) is 14.9. The lowest BCUT2D eigenvalue weighted by molar-refractivity contribution is 0.0938. The minimum absolute atomic E-state index is 0.0768. The highest BCUT2D eigenvalue weighted by atomic mass is 35.5. The number of amides is 2. The molecule has 3 aromatic rings. The Morgan fingerprint density at radius 3 is 2.20 bits per heavy atom. The second kappa shape index (κ2) is 9.80. The fourth-order valence-corrected chi connectivity index (χ4v) is 3.43. The molecule has 0 saturated carbocycles. The smallest absolute Gasteiger partial charge is 0.255 e. The monoisotopic (exact) mass is 445 g/mol. The summed E-state index contributed by atoms with van der Waals surface area (Å²) in [5.41, 5.74) is 1.38. The predicted molar refractivity (Wildman–Crippen MR) is 118 cm³/mol. The van der Waals surface area contributed by atoms with Gasteiger partial charge in [0.1, 0.15) is 5.76 Å². The van der Waals surface area contributed by atoms with Gasteiger partial charge in [0.25, 0.3) is 11.8 Å². The Hall–Kier alpha value is -2.80. The molecule has 0 aliphatic carbocycles. The zero-order chi connectivity index (χ0) is 21.7. The molecule has 3 rings (SSSR count). The number of benzene rings is 2. The van der Waals surface area contributed by atoms with E-state index in [9.17, 15) is 9.59 Å². The second-order valence-electron chi connectivity index (χ2n) is 6.89. The topological polar surface area (TPSA) is 74.6 Å². The van der Waals surface area contributed by atoms with Gasteiger partial charge in [0, 0.05) is 33.4 Å². The van der Waals surface area contributed by atoms with Crippen molar-refractivity contribution in [2.24, 2.45) is 0 Å². The first-order valence-electron chi connectivity index (χ1n) is 9.19. The molecule has 0 spiro atoms. The molecule has 1 aromatic heterocycles. The molecule has 1 atom stereocenters. The third-order valence-electron chi connectivity index (χ3n) is 4.48. The van der Waals surface area contributed by atoms with E-state index in [2.05, 4.69) is 10.6 Å². The predicted octanol–water partition coefficient (Wildman–Crippen LogP) is 4.87. The van der Waals surface area contributed by atoms with Gasteiger partial charge in [0.15, 0.2) is 0 Å². The Balaban J connectivity index is 1.60. The van der Waals surface area contributed by atoms with Crippen LogP contribution in [0.5, 0.6) is 0 Å². The number of likely N-dealkylation sites (N-methyl/N-ethyl adjacent to an activating group) is 1. The minimum atomic E-state index is -0.344. The molecule has 1 unspecified atom stereocenters. The molecule has 2 aromatic carbocycles. The number of hydrogen-bond acceptors (Lipinski definition) is 4. The fraction of sp³-hybridized carbons (Fsp3) is 0.182. The molecule has 2 amide bonds. The Kier molecular flexibility index (Phi) is 7.15. The zero-order valence-corrected chi connectivity index (χ0v) is 18.0. The summed E-state index contributed by atoms with van der Waals surface area (Å²) >= 11 is 11.9. The van der Waals surface area contributed by atoms with Gasteiger partial charge in [-0.2, -0.15) is 0 Å². The molecule has 8 heteroatoms. The largest absolute Gasteiger partial charge is 0.468 e. The number of rotatable bonds is 7. The summed E-state index contributed by atoms with van der Waals surface area (Å²) < 4.78 is 5.45. The van der Waals surface area contributed by atoms with Crippen molar-refractivity contribution in [2.75, 3.05) is 26.0 Å². The number of hydrogen-bond donors (Lipinski definition) is 2. The summed E-state index contributed by atoms with van der Waals surface area (Å²) in [4.78, 5) is 26.8. The Morgan fingerprint density at radius 1 is 0.967 bits per heavy atom. The van der Waals surface area contributed by atoms with E-state index in [-0.39, 0.29) is 17.9 Å². The van der Waals surface area contributed by atoms with Crippen LogP contribution in [0.2, 0.25) is 10.0 Å². The fourth-order valence-electron chi connectivity index (χ4n) is 2.90. The summed E-state index contributed by atoms with van der Waals surface area (Å²) in [7, 11) is 3.84. The van der Waals surface area contributed by atoms with E-state index in [0.717, 1.165) is 5.76 Å². The molecule has 156 valence electrons. The lowest BCUT2D eigenvalue weighted by atomic mass is 10.1. The summed E-state index contributed by atoms with van der Waals surface area (Å²) in [6.07, 6.45) is 1.61. The van der Waals surface area contributed by atoms with E-state index in [1.165, 1.54) is 12.1 Å². The first-order valence-corrected chi connectivity index (χ1v) is 9.94. The number of carbonyl (C=O) groups is 2. The highest BCUT2D eigenvalue weighted by Gasteiger charge is 2.18. The molecule has 0 fully saturated rings. The van der Waals surface area contributed by atoms with Crippen LogP contribution >= 0.6 is 23.2 Å². The molecule has 0 aliphatic rings. The molecule has 0 aliphatic heterocycles. The van der Waals surface area contributed by atoms with E-state index < -0.39 is 0 Å². The quantitative estimate of drug-likeness (QED) is 0.543. The van der Waals surface area contributed by atoms with Crippen LogP contribution in [-0.2, 0) is 0 Å². The van der Waals surface area contributed by atoms with Crippen LogP contribution in [0.1, 0.15) is 32.5 Å². The standard InChI is InChI=1S/C22H21Cl2N3O3/c1-27(2)19(20-4-3-9-30-20)13-25-21(28)14-5-7-18(8-6-14)26-22(29)15-10-16(23)12-17(24)11-15/h3-12,19H,13H2,1-2H3,(H,25,28)(H,26,29). The average Bonchev–Trinajstić information content (AvgIpc) is 3.22.